The molecule has 2 heteroatoms. The van der Waals surface area contributed by atoms with E-state index in [2.05, 4.69) is 37.8 Å². The number of hydrogen-bond donors (Lipinski definition) is 1. The third-order valence-corrected chi connectivity index (χ3v) is 4.61. The van der Waals surface area contributed by atoms with Crippen molar-refractivity contribution in [2.75, 3.05) is 18.1 Å². The van der Waals surface area contributed by atoms with Crippen molar-refractivity contribution in [3.8, 4) is 0 Å². The maximum absolute atomic E-state index is 3.75. The van der Waals surface area contributed by atoms with Crippen LogP contribution in [-0.4, -0.2) is 23.6 Å². The summed E-state index contributed by atoms with van der Waals surface area (Å²) in [4.78, 5) is 0. The van der Waals surface area contributed by atoms with Gasteiger partial charge in [0.15, 0.2) is 0 Å². The van der Waals surface area contributed by atoms with Crippen molar-refractivity contribution in [1.82, 2.24) is 5.32 Å². The number of rotatable bonds is 7. The first-order chi connectivity index (χ1) is 7.17. The SMILES string of the molecule is CCSCCCNC(C)(C)C1CCCC1. The van der Waals surface area contributed by atoms with Crippen molar-refractivity contribution in [1.29, 1.82) is 0 Å². The Balaban J connectivity index is 2.12. The van der Waals surface area contributed by atoms with Gasteiger partial charge in [-0.15, -0.1) is 0 Å². The minimum atomic E-state index is 0.368. The monoisotopic (exact) mass is 229 g/mol. The molecule has 90 valence electrons. The van der Waals surface area contributed by atoms with E-state index in [0.717, 1.165) is 5.92 Å². The lowest BCUT2D eigenvalue weighted by Crippen LogP contribution is -2.45. The van der Waals surface area contributed by atoms with Crippen LogP contribution >= 0.6 is 11.8 Å². The Bertz CT molecular complexity index is 162. The minimum Gasteiger partial charge on any atom is -0.311 e. The molecule has 0 bridgehead atoms. The van der Waals surface area contributed by atoms with Gasteiger partial charge in [0, 0.05) is 5.54 Å². The van der Waals surface area contributed by atoms with Gasteiger partial charge in [-0.05, 0) is 57.1 Å². The molecule has 0 amide bonds. The molecule has 0 aromatic carbocycles. The van der Waals surface area contributed by atoms with Gasteiger partial charge in [-0.1, -0.05) is 19.8 Å². The zero-order valence-electron chi connectivity index (χ0n) is 10.6. The first-order valence-electron chi connectivity index (χ1n) is 6.49. The maximum Gasteiger partial charge on any atom is 0.0153 e. The van der Waals surface area contributed by atoms with E-state index in [4.69, 9.17) is 0 Å². The quantitative estimate of drug-likeness (QED) is 0.668. The van der Waals surface area contributed by atoms with Crippen molar-refractivity contribution < 1.29 is 0 Å². The average molecular weight is 229 g/mol. The predicted molar refractivity (Wildman–Crippen MR) is 71.7 cm³/mol. The molecule has 0 aliphatic heterocycles. The summed E-state index contributed by atoms with van der Waals surface area (Å²) in [7, 11) is 0. The van der Waals surface area contributed by atoms with Crippen LogP contribution in [0.5, 0.6) is 0 Å². The third kappa shape index (κ3) is 4.78. The molecule has 1 rings (SSSR count). The van der Waals surface area contributed by atoms with Crippen molar-refractivity contribution >= 4 is 11.8 Å². The Kier molecular flexibility index (Phi) is 6.06. The summed E-state index contributed by atoms with van der Waals surface area (Å²) in [6.07, 6.45) is 7.07. The summed E-state index contributed by atoms with van der Waals surface area (Å²) in [6, 6.07) is 0. The first kappa shape index (κ1) is 13.4. The van der Waals surface area contributed by atoms with Crippen LogP contribution in [-0.2, 0) is 0 Å². The summed E-state index contributed by atoms with van der Waals surface area (Å²) in [6.45, 7) is 8.20. The summed E-state index contributed by atoms with van der Waals surface area (Å²) >= 11 is 2.05. The zero-order valence-corrected chi connectivity index (χ0v) is 11.5. The minimum absolute atomic E-state index is 0.368. The predicted octanol–water partition coefficient (Wildman–Crippen LogP) is 3.69. The van der Waals surface area contributed by atoms with Gasteiger partial charge in [-0.25, -0.2) is 0 Å². The lowest BCUT2D eigenvalue weighted by atomic mass is 9.86. The molecule has 0 unspecified atom stereocenters. The first-order valence-corrected chi connectivity index (χ1v) is 7.65. The van der Waals surface area contributed by atoms with Crippen molar-refractivity contribution in [3.05, 3.63) is 0 Å². The van der Waals surface area contributed by atoms with Crippen LogP contribution in [0.25, 0.3) is 0 Å². The second-order valence-electron chi connectivity index (χ2n) is 5.18. The number of hydrogen-bond acceptors (Lipinski definition) is 2. The molecule has 0 spiro atoms. The standard InChI is InChI=1S/C13H27NS/c1-4-15-11-7-10-14-13(2,3)12-8-5-6-9-12/h12,14H,4-11H2,1-3H3. The summed E-state index contributed by atoms with van der Waals surface area (Å²) in [5.41, 5.74) is 0.368. The van der Waals surface area contributed by atoms with Gasteiger partial charge < -0.3 is 5.32 Å². The van der Waals surface area contributed by atoms with E-state index in [1.54, 1.807) is 0 Å². The molecule has 15 heavy (non-hydrogen) atoms. The van der Waals surface area contributed by atoms with Crippen LogP contribution in [0.15, 0.2) is 0 Å². The van der Waals surface area contributed by atoms with Crippen molar-refractivity contribution in [2.24, 2.45) is 5.92 Å². The van der Waals surface area contributed by atoms with Gasteiger partial charge in [-0.2, -0.15) is 11.8 Å². The molecule has 0 aromatic heterocycles. The van der Waals surface area contributed by atoms with Crippen LogP contribution < -0.4 is 5.32 Å². The molecule has 0 heterocycles. The summed E-state index contributed by atoms with van der Waals surface area (Å²) in [5, 5.41) is 3.75. The second-order valence-corrected chi connectivity index (χ2v) is 6.57. The van der Waals surface area contributed by atoms with Gasteiger partial charge in [0.2, 0.25) is 0 Å². The summed E-state index contributed by atoms with van der Waals surface area (Å²) in [5.74, 6) is 3.48. The van der Waals surface area contributed by atoms with E-state index < -0.39 is 0 Å². The van der Waals surface area contributed by atoms with Gasteiger partial charge in [0.25, 0.3) is 0 Å². The zero-order chi connectivity index (χ0) is 11.1. The second kappa shape index (κ2) is 6.80. The van der Waals surface area contributed by atoms with E-state index in [9.17, 15) is 0 Å². The summed E-state index contributed by atoms with van der Waals surface area (Å²) < 4.78 is 0. The molecule has 1 N–H and O–H groups in total. The van der Waals surface area contributed by atoms with Crippen LogP contribution in [0.4, 0.5) is 0 Å². The molecule has 1 aliphatic rings. The highest BCUT2D eigenvalue weighted by atomic mass is 32.2. The molecule has 1 saturated carbocycles. The fourth-order valence-electron chi connectivity index (χ4n) is 2.52. The highest BCUT2D eigenvalue weighted by molar-refractivity contribution is 7.99. The Hall–Kier alpha value is 0.310. The molecule has 0 atom stereocenters. The van der Waals surface area contributed by atoms with E-state index in [1.807, 2.05) is 0 Å². The Morgan fingerprint density at radius 3 is 2.53 bits per heavy atom. The molecule has 1 nitrogen and oxygen atoms in total. The third-order valence-electron chi connectivity index (χ3n) is 3.63. The smallest absolute Gasteiger partial charge is 0.0153 e. The van der Waals surface area contributed by atoms with E-state index in [0.29, 0.717) is 5.54 Å². The van der Waals surface area contributed by atoms with Gasteiger partial charge in [0.1, 0.15) is 0 Å². The number of nitrogens with one attached hydrogen (secondary N) is 1. The van der Waals surface area contributed by atoms with Gasteiger partial charge >= 0.3 is 0 Å². The van der Waals surface area contributed by atoms with Crippen LogP contribution in [0.1, 0.15) is 52.9 Å². The maximum atomic E-state index is 3.75. The van der Waals surface area contributed by atoms with Crippen molar-refractivity contribution in [3.63, 3.8) is 0 Å². The highest BCUT2D eigenvalue weighted by Crippen LogP contribution is 2.33. The van der Waals surface area contributed by atoms with Crippen molar-refractivity contribution in [2.45, 2.75) is 58.4 Å². The van der Waals surface area contributed by atoms with E-state index in [-0.39, 0.29) is 0 Å². The van der Waals surface area contributed by atoms with Gasteiger partial charge in [-0.3, -0.25) is 0 Å². The number of thioether (sulfide) groups is 1. The Morgan fingerprint density at radius 2 is 1.93 bits per heavy atom. The normalized spacial score (nSPS) is 18.6. The molecule has 1 aliphatic carbocycles. The lowest BCUT2D eigenvalue weighted by molar-refractivity contribution is 0.257. The Morgan fingerprint density at radius 1 is 1.27 bits per heavy atom. The van der Waals surface area contributed by atoms with E-state index >= 15 is 0 Å². The average Bonchev–Trinajstić information content (AvgIpc) is 2.70. The fourth-order valence-corrected chi connectivity index (χ4v) is 3.16. The Labute approximate surface area is 99.8 Å². The molecule has 0 saturated heterocycles. The fraction of sp³-hybridized carbons (Fsp3) is 1.00. The van der Waals surface area contributed by atoms with E-state index in [1.165, 1.54) is 50.2 Å². The molecular weight excluding hydrogens is 202 g/mol. The van der Waals surface area contributed by atoms with Gasteiger partial charge in [0.05, 0.1) is 0 Å². The highest BCUT2D eigenvalue weighted by Gasteiger charge is 2.30. The largest absolute Gasteiger partial charge is 0.311 e. The molecule has 1 fully saturated rings. The topological polar surface area (TPSA) is 12.0 Å². The lowest BCUT2D eigenvalue weighted by Gasteiger charge is -2.33. The molecule has 0 aromatic rings. The molecule has 0 radical (unpaired) electrons. The van der Waals surface area contributed by atoms with Crippen LogP contribution in [0.2, 0.25) is 0 Å². The van der Waals surface area contributed by atoms with Crippen LogP contribution in [0, 0.1) is 5.92 Å². The molecular formula is C13H27NS. The van der Waals surface area contributed by atoms with Crippen LogP contribution in [0.3, 0.4) is 0 Å².